The zero-order valence-corrected chi connectivity index (χ0v) is 11.7. The van der Waals surface area contributed by atoms with Gasteiger partial charge < -0.3 is 15.0 Å². The van der Waals surface area contributed by atoms with Crippen LogP contribution in [0.15, 0.2) is 6.07 Å². The molecule has 1 aliphatic heterocycles. The minimum absolute atomic E-state index is 0.462. The van der Waals surface area contributed by atoms with Crippen LogP contribution in [0.25, 0.3) is 0 Å². The Hall–Kier alpha value is -1.36. The summed E-state index contributed by atoms with van der Waals surface area (Å²) in [6, 6.07) is 2.04. The number of hydrogen-bond donors (Lipinski definition) is 1. The lowest BCUT2D eigenvalue weighted by Crippen LogP contribution is -2.23. The third-order valence-electron chi connectivity index (χ3n) is 4.34. The molecule has 0 radical (unpaired) electrons. The van der Waals surface area contributed by atoms with Crippen LogP contribution >= 0.6 is 0 Å². The number of aromatic nitrogens is 2. The van der Waals surface area contributed by atoms with Crippen molar-refractivity contribution in [3.63, 3.8) is 0 Å². The molecule has 0 spiro atoms. The fourth-order valence-electron chi connectivity index (χ4n) is 3.39. The van der Waals surface area contributed by atoms with E-state index in [9.17, 15) is 0 Å². The van der Waals surface area contributed by atoms with Crippen molar-refractivity contribution in [1.82, 2.24) is 9.97 Å². The predicted molar refractivity (Wildman–Crippen MR) is 75.3 cm³/mol. The Morgan fingerprint density at radius 1 is 1.32 bits per heavy atom. The summed E-state index contributed by atoms with van der Waals surface area (Å²) in [5, 5.41) is 3.11. The van der Waals surface area contributed by atoms with Crippen molar-refractivity contribution in [2.24, 2.45) is 11.8 Å². The van der Waals surface area contributed by atoms with E-state index in [4.69, 9.17) is 4.74 Å². The first kappa shape index (κ1) is 12.7. The molecule has 1 saturated heterocycles. The van der Waals surface area contributed by atoms with E-state index in [1.54, 1.807) is 7.11 Å². The molecule has 2 fully saturated rings. The zero-order valence-electron chi connectivity index (χ0n) is 11.7. The second kappa shape index (κ2) is 5.33. The highest BCUT2D eigenvalue weighted by atomic mass is 16.5. The first-order chi connectivity index (χ1) is 9.30. The number of nitrogens with one attached hydrogen (secondary N) is 1. The largest absolute Gasteiger partial charge is 0.377 e. The van der Waals surface area contributed by atoms with Crippen LogP contribution in [0.4, 0.5) is 11.6 Å². The number of ether oxygens (including phenoxy) is 1. The highest BCUT2D eigenvalue weighted by Crippen LogP contribution is 2.39. The van der Waals surface area contributed by atoms with Crippen LogP contribution in [0.1, 0.15) is 25.1 Å². The Kier molecular flexibility index (Phi) is 3.55. The summed E-state index contributed by atoms with van der Waals surface area (Å²) in [7, 11) is 3.57. The molecule has 0 bridgehead atoms. The van der Waals surface area contributed by atoms with Crippen molar-refractivity contribution < 1.29 is 4.74 Å². The quantitative estimate of drug-likeness (QED) is 0.898. The topological polar surface area (TPSA) is 50.3 Å². The van der Waals surface area contributed by atoms with E-state index in [2.05, 4.69) is 20.2 Å². The van der Waals surface area contributed by atoms with Gasteiger partial charge in [-0.3, -0.25) is 0 Å². The molecule has 104 valence electrons. The first-order valence-electron chi connectivity index (χ1n) is 7.09. The summed E-state index contributed by atoms with van der Waals surface area (Å²) < 4.78 is 5.15. The summed E-state index contributed by atoms with van der Waals surface area (Å²) in [5.74, 6) is 4.41. The van der Waals surface area contributed by atoms with Crippen LogP contribution in [-0.2, 0) is 11.3 Å². The van der Waals surface area contributed by atoms with Gasteiger partial charge in [0.15, 0.2) is 5.82 Å². The Labute approximate surface area is 114 Å². The van der Waals surface area contributed by atoms with Crippen LogP contribution in [0.2, 0.25) is 0 Å². The Bertz CT molecular complexity index is 439. The predicted octanol–water partition coefficient (Wildman–Crippen LogP) is 1.90. The van der Waals surface area contributed by atoms with Gasteiger partial charge >= 0.3 is 0 Å². The standard InChI is InChI=1S/C14H22N4O/c1-15-12-6-14(17-13(16-12)9-19-2)18-7-10-4-3-5-11(10)8-18/h6,10-11H,3-5,7-9H2,1-2H3,(H,15,16,17). The van der Waals surface area contributed by atoms with Crippen LogP contribution in [0, 0.1) is 11.8 Å². The molecule has 2 aliphatic rings. The Morgan fingerprint density at radius 3 is 2.68 bits per heavy atom. The molecular formula is C14H22N4O. The van der Waals surface area contributed by atoms with Crippen molar-refractivity contribution in [2.45, 2.75) is 25.9 Å². The molecule has 0 amide bonds. The SMILES string of the molecule is CNc1cc(N2CC3CCCC3C2)nc(COC)n1. The molecule has 19 heavy (non-hydrogen) atoms. The average Bonchev–Trinajstić information content (AvgIpc) is 2.99. The van der Waals surface area contributed by atoms with Gasteiger partial charge in [-0.25, -0.2) is 9.97 Å². The fourth-order valence-corrected chi connectivity index (χ4v) is 3.39. The number of hydrogen-bond acceptors (Lipinski definition) is 5. The second-order valence-electron chi connectivity index (χ2n) is 5.57. The van der Waals surface area contributed by atoms with E-state index in [1.807, 2.05) is 13.1 Å². The summed E-state index contributed by atoms with van der Waals surface area (Å²) >= 11 is 0. The molecule has 5 nitrogen and oxygen atoms in total. The number of methoxy groups -OCH3 is 1. The molecule has 2 atom stereocenters. The van der Waals surface area contributed by atoms with Gasteiger partial charge in [-0.05, 0) is 24.7 Å². The minimum Gasteiger partial charge on any atom is -0.377 e. The molecule has 3 rings (SSSR count). The first-order valence-corrected chi connectivity index (χ1v) is 7.09. The van der Waals surface area contributed by atoms with Crippen molar-refractivity contribution in [3.8, 4) is 0 Å². The smallest absolute Gasteiger partial charge is 0.158 e. The summed E-state index contributed by atoms with van der Waals surface area (Å²) in [5.41, 5.74) is 0. The van der Waals surface area contributed by atoms with Crippen LogP contribution in [-0.4, -0.2) is 37.2 Å². The van der Waals surface area contributed by atoms with Gasteiger partial charge in [0.2, 0.25) is 0 Å². The normalized spacial score (nSPS) is 25.7. The van der Waals surface area contributed by atoms with Gasteiger partial charge in [-0.1, -0.05) is 6.42 Å². The maximum atomic E-state index is 5.15. The maximum absolute atomic E-state index is 5.15. The van der Waals surface area contributed by atoms with E-state index in [0.29, 0.717) is 6.61 Å². The average molecular weight is 262 g/mol. The van der Waals surface area contributed by atoms with Crippen LogP contribution in [0.5, 0.6) is 0 Å². The summed E-state index contributed by atoms with van der Waals surface area (Å²) in [4.78, 5) is 11.5. The molecule has 1 aromatic rings. The van der Waals surface area contributed by atoms with Gasteiger partial charge in [0.1, 0.15) is 18.2 Å². The van der Waals surface area contributed by atoms with Crippen molar-refractivity contribution in [1.29, 1.82) is 0 Å². The summed E-state index contributed by atoms with van der Waals surface area (Å²) in [6.45, 7) is 2.76. The zero-order chi connectivity index (χ0) is 13.2. The minimum atomic E-state index is 0.462. The molecule has 0 aromatic carbocycles. The van der Waals surface area contributed by atoms with Gasteiger partial charge in [-0.2, -0.15) is 0 Å². The monoisotopic (exact) mass is 262 g/mol. The number of nitrogens with zero attached hydrogens (tertiary/aromatic N) is 3. The molecular weight excluding hydrogens is 240 g/mol. The molecule has 1 saturated carbocycles. The molecule has 5 heteroatoms. The lowest BCUT2D eigenvalue weighted by molar-refractivity contribution is 0.178. The van der Waals surface area contributed by atoms with E-state index in [1.165, 1.54) is 19.3 Å². The second-order valence-corrected chi connectivity index (χ2v) is 5.57. The number of fused-ring (bicyclic) bond motifs is 1. The maximum Gasteiger partial charge on any atom is 0.158 e. The highest BCUT2D eigenvalue weighted by molar-refractivity contribution is 5.50. The molecule has 2 heterocycles. The van der Waals surface area contributed by atoms with E-state index < -0.39 is 0 Å². The number of anilines is 2. The summed E-state index contributed by atoms with van der Waals surface area (Å²) in [6.07, 6.45) is 4.18. The Balaban J connectivity index is 1.81. The molecule has 1 N–H and O–H groups in total. The van der Waals surface area contributed by atoms with Crippen molar-refractivity contribution >= 4 is 11.6 Å². The van der Waals surface area contributed by atoms with Gasteiger partial charge in [0.25, 0.3) is 0 Å². The van der Waals surface area contributed by atoms with Gasteiger partial charge in [-0.15, -0.1) is 0 Å². The fraction of sp³-hybridized carbons (Fsp3) is 0.714. The van der Waals surface area contributed by atoms with Gasteiger partial charge in [0.05, 0.1) is 0 Å². The lowest BCUT2D eigenvalue weighted by Gasteiger charge is -2.19. The highest BCUT2D eigenvalue weighted by Gasteiger charge is 2.36. The van der Waals surface area contributed by atoms with Crippen molar-refractivity contribution in [3.05, 3.63) is 11.9 Å². The molecule has 2 unspecified atom stereocenters. The number of rotatable bonds is 4. The third kappa shape index (κ3) is 2.52. The van der Waals surface area contributed by atoms with E-state index in [-0.39, 0.29) is 0 Å². The van der Waals surface area contributed by atoms with Gasteiger partial charge in [0, 0.05) is 33.3 Å². The lowest BCUT2D eigenvalue weighted by atomic mass is 10.0. The molecule has 1 aromatic heterocycles. The van der Waals surface area contributed by atoms with Crippen molar-refractivity contribution in [2.75, 3.05) is 37.5 Å². The third-order valence-corrected chi connectivity index (χ3v) is 4.34. The Morgan fingerprint density at radius 2 is 2.05 bits per heavy atom. The van der Waals surface area contributed by atoms with E-state index >= 15 is 0 Å². The van der Waals surface area contributed by atoms with Crippen LogP contribution in [0.3, 0.4) is 0 Å². The molecule has 1 aliphatic carbocycles. The van der Waals surface area contributed by atoms with Crippen LogP contribution < -0.4 is 10.2 Å². The van der Waals surface area contributed by atoms with E-state index in [0.717, 1.165) is 42.4 Å².